The summed E-state index contributed by atoms with van der Waals surface area (Å²) in [6.07, 6.45) is 5.53. The Morgan fingerprint density at radius 1 is 0.886 bits per heavy atom. The Kier molecular flexibility index (Phi) is 7.44. The standard InChI is InChI=1S/C28H37N3O4/c1-33-25-9-7-24(8-10-25)31-22-28(35-21-27(31)32)13-18-30(19-14-28)23-5-11-26(12-6-23)34-20-4-17-29-15-2-3-16-29/h5-12H,2-4,13-22H2,1H3. The zero-order valence-corrected chi connectivity index (χ0v) is 20.8. The molecule has 3 heterocycles. The highest BCUT2D eigenvalue weighted by Crippen LogP contribution is 2.35. The predicted octanol–water partition coefficient (Wildman–Crippen LogP) is 3.96. The lowest BCUT2D eigenvalue weighted by atomic mass is 9.88. The number of carbonyl (C=O) groups is 1. The maximum absolute atomic E-state index is 12.6. The van der Waals surface area contributed by atoms with Crippen LogP contribution in [0, 0.1) is 0 Å². The van der Waals surface area contributed by atoms with Crippen molar-refractivity contribution in [1.29, 1.82) is 0 Å². The highest BCUT2D eigenvalue weighted by Gasteiger charge is 2.42. The van der Waals surface area contributed by atoms with Crippen molar-refractivity contribution in [1.82, 2.24) is 4.90 Å². The quantitative estimate of drug-likeness (QED) is 0.534. The summed E-state index contributed by atoms with van der Waals surface area (Å²) in [5, 5.41) is 0. The number of nitrogens with zero attached hydrogens (tertiary/aromatic N) is 3. The summed E-state index contributed by atoms with van der Waals surface area (Å²) in [5.41, 5.74) is 1.82. The summed E-state index contributed by atoms with van der Waals surface area (Å²) in [4.78, 5) is 19.4. The molecular formula is C28H37N3O4. The molecule has 0 saturated carbocycles. The summed E-state index contributed by atoms with van der Waals surface area (Å²) >= 11 is 0. The van der Waals surface area contributed by atoms with Crippen molar-refractivity contribution < 1.29 is 19.0 Å². The van der Waals surface area contributed by atoms with Gasteiger partial charge in [0.05, 0.1) is 25.9 Å². The van der Waals surface area contributed by atoms with Gasteiger partial charge >= 0.3 is 0 Å². The molecule has 5 rings (SSSR count). The highest BCUT2D eigenvalue weighted by molar-refractivity contribution is 5.95. The van der Waals surface area contributed by atoms with E-state index in [-0.39, 0.29) is 18.1 Å². The van der Waals surface area contributed by atoms with E-state index in [0.717, 1.165) is 62.7 Å². The minimum Gasteiger partial charge on any atom is -0.497 e. The first kappa shape index (κ1) is 23.9. The Hall–Kier alpha value is -2.77. The van der Waals surface area contributed by atoms with E-state index in [1.165, 1.54) is 31.6 Å². The third kappa shape index (κ3) is 5.73. The fourth-order valence-corrected chi connectivity index (χ4v) is 5.42. The van der Waals surface area contributed by atoms with Crippen LogP contribution in [0.4, 0.5) is 11.4 Å². The molecule has 188 valence electrons. The van der Waals surface area contributed by atoms with E-state index >= 15 is 0 Å². The largest absolute Gasteiger partial charge is 0.497 e. The average molecular weight is 480 g/mol. The number of hydrogen-bond donors (Lipinski definition) is 0. The zero-order chi connectivity index (χ0) is 24.1. The molecule has 2 aromatic carbocycles. The van der Waals surface area contributed by atoms with E-state index in [4.69, 9.17) is 14.2 Å². The fraction of sp³-hybridized carbons (Fsp3) is 0.536. The van der Waals surface area contributed by atoms with E-state index in [2.05, 4.69) is 34.1 Å². The van der Waals surface area contributed by atoms with E-state index < -0.39 is 0 Å². The number of benzene rings is 2. The number of hydrogen-bond acceptors (Lipinski definition) is 6. The third-order valence-electron chi connectivity index (χ3n) is 7.60. The molecule has 1 spiro atoms. The summed E-state index contributed by atoms with van der Waals surface area (Å²) < 4.78 is 17.4. The summed E-state index contributed by atoms with van der Waals surface area (Å²) in [5.74, 6) is 1.74. The number of morpholine rings is 1. The van der Waals surface area contributed by atoms with Gasteiger partial charge in [-0.25, -0.2) is 0 Å². The molecule has 7 nitrogen and oxygen atoms in total. The van der Waals surface area contributed by atoms with Crippen LogP contribution in [0.25, 0.3) is 0 Å². The van der Waals surface area contributed by atoms with E-state index in [1.54, 1.807) is 7.11 Å². The predicted molar refractivity (Wildman–Crippen MR) is 138 cm³/mol. The van der Waals surface area contributed by atoms with Crippen LogP contribution in [0.2, 0.25) is 0 Å². The Morgan fingerprint density at radius 3 is 2.23 bits per heavy atom. The van der Waals surface area contributed by atoms with Crippen LogP contribution in [-0.4, -0.2) is 76.0 Å². The van der Waals surface area contributed by atoms with Crippen LogP contribution >= 0.6 is 0 Å². The van der Waals surface area contributed by atoms with E-state index in [1.807, 2.05) is 29.2 Å². The molecule has 0 bridgehead atoms. The fourth-order valence-electron chi connectivity index (χ4n) is 5.42. The van der Waals surface area contributed by atoms with Crippen molar-refractivity contribution in [2.24, 2.45) is 0 Å². The van der Waals surface area contributed by atoms with Gasteiger partial charge in [-0.1, -0.05) is 0 Å². The number of ether oxygens (including phenoxy) is 3. The molecule has 2 aromatic rings. The van der Waals surface area contributed by atoms with Crippen LogP contribution in [0.1, 0.15) is 32.1 Å². The Balaban J connectivity index is 1.12. The van der Waals surface area contributed by atoms with Crippen LogP contribution in [-0.2, 0) is 9.53 Å². The first-order chi connectivity index (χ1) is 17.1. The molecule has 3 aliphatic rings. The number of rotatable bonds is 8. The van der Waals surface area contributed by atoms with Crippen molar-refractivity contribution in [3.8, 4) is 11.5 Å². The van der Waals surface area contributed by atoms with Gasteiger partial charge in [0.25, 0.3) is 5.91 Å². The number of amides is 1. The Morgan fingerprint density at radius 2 is 1.54 bits per heavy atom. The van der Waals surface area contributed by atoms with Crippen molar-refractivity contribution in [3.63, 3.8) is 0 Å². The van der Waals surface area contributed by atoms with Gasteiger partial charge in [-0.3, -0.25) is 4.79 Å². The van der Waals surface area contributed by atoms with Gasteiger partial charge in [-0.15, -0.1) is 0 Å². The molecule has 0 aliphatic carbocycles. The monoisotopic (exact) mass is 479 g/mol. The van der Waals surface area contributed by atoms with Gasteiger partial charge in [0.1, 0.15) is 18.1 Å². The highest BCUT2D eigenvalue weighted by atomic mass is 16.5. The van der Waals surface area contributed by atoms with Gasteiger partial charge in [0, 0.05) is 31.0 Å². The molecule has 0 unspecified atom stereocenters. The second-order valence-corrected chi connectivity index (χ2v) is 9.88. The lowest BCUT2D eigenvalue weighted by Gasteiger charge is -2.47. The third-order valence-corrected chi connectivity index (χ3v) is 7.60. The number of likely N-dealkylation sites (tertiary alicyclic amines) is 1. The minimum atomic E-state index is -0.289. The molecule has 0 atom stereocenters. The molecule has 0 N–H and O–H groups in total. The number of carbonyl (C=O) groups excluding carboxylic acids is 1. The zero-order valence-electron chi connectivity index (χ0n) is 20.8. The molecular weight excluding hydrogens is 442 g/mol. The van der Waals surface area contributed by atoms with Crippen LogP contribution < -0.4 is 19.3 Å². The van der Waals surface area contributed by atoms with Gasteiger partial charge in [-0.05, 0) is 93.7 Å². The van der Waals surface area contributed by atoms with Crippen LogP contribution in [0.5, 0.6) is 11.5 Å². The van der Waals surface area contributed by atoms with Crippen molar-refractivity contribution in [2.75, 3.05) is 69.4 Å². The first-order valence-corrected chi connectivity index (χ1v) is 12.9. The van der Waals surface area contributed by atoms with Gasteiger partial charge < -0.3 is 28.9 Å². The first-order valence-electron chi connectivity index (χ1n) is 12.9. The normalized spacial score (nSPS) is 20.4. The van der Waals surface area contributed by atoms with Crippen molar-refractivity contribution >= 4 is 17.3 Å². The van der Waals surface area contributed by atoms with Crippen LogP contribution in [0.15, 0.2) is 48.5 Å². The van der Waals surface area contributed by atoms with Crippen molar-refractivity contribution in [3.05, 3.63) is 48.5 Å². The summed E-state index contributed by atoms with van der Waals surface area (Å²) in [6.45, 7) is 6.92. The second-order valence-electron chi connectivity index (χ2n) is 9.88. The molecule has 3 saturated heterocycles. The number of piperidine rings is 1. The molecule has 3 aliphatic heterocycles. The number of anilines is 2. The summed E-state index contributed by atoms with van der Waals surface area (Å²) in [7, 11) is 1.65. The van der Waals surface area contributed by atoms with Gasteiger partial charge in [-0.2, -0.15) is 0 Å². The van der Waals surface area contributed by atoms with Crippen LogP contribution in [0.3, 0.4) is 0 Å². The Labute approximate surface area is 208 Å². The number of methoxy groups -OCH3 is 1. The lowest BCUT2D eigenvalue weighted by molar-refractivity contribution is -0.141. The molecule has 1 amide bonds. The topological polar surface area (TPSA) is 54.5 Å². The molecule has 35 heavy (non-hydrogen) atoms. The van der Waals surface area contributed by atoms with Crippen molar-refractivity contribution in [2.45, 2.75) is 37.7 Å². The lowest BCUT2D eigenvalue weighted by Crippen LogP contribution is -2.59. The maximum atomic E-state index is 12.6. The van der Waals surface area contributed by atoms with E-state index in [0.29, 0.717) is 6.54 Å². The SMILES string of the molecule is COc1ccc(N2CC3(CCN(c4ccc(OCCCN5CCCC5)cc4)CC3)OCC2=O)cc1. The molecule has 7 heteroatoms. The van der Waals surface area contributed by atoms with Gasteiger partial charge in [0.2, 0.25) is 0 Å². The van der Waals surface area contributed by atoms with Gasteiger partial charge in [0.15, 0.2) is 0 Å². The smallest absolute Gasteiger partial charge is 0.253 e. The Bertz CT molecular complexity index is 965. The maximum Gasteiger partial charge on any atom is 0.253 e. The molecule has 0 radical (unpaired) electrons. The average Bonchev–Trinajstić information content (AvgIpc) is 3.43. The minimum absolute atomic E-state index is 0.0132. The second kappa shape index (κ2) is 10.9. The molecule has 0 aromatic heterocycles. The molecule has 3 fully saturated rings. The summed E-state index contributed by atoms with van der Waals surface area (Å²) in [6, 6.07) is 16.2. The van der Waals surface area contributed by atoms with E-state index in [9.17, 15) is 4.79 Å².